The fraction of sp³-hybridized carbons (Fsp3) is 0.533. The van der Waals surface area contributed by atoms with Crippen molar-refractivity contribution in [3.05, 3.63) is 33.0 Å². The third-order valence-corrected chi connectivity index (χ3v) is 6.60. The zero-order valence-corrected chi connectivity index (χ0v) is 12.5. The van der Waals surface area contributed by atoms with Gasteiger partial charge in [-0.15, -0.1) is 0 Å². The minimum atomic E-state index is -0.571. The van der Waals surface area contributed by atoms with Gasteiger partial charge in [0.2, 0.25) is 0 Å². The molecule has 0 amide bonds. The summed E-state index contributed by atoms with van der Waals surface area (Å²) in [6.07, 6.45) is 3.82. The highest BCUT2D eigenvalue weighted by Gasteiger charge is 2.67. The van der Waals surface area contributed by atoms with Gasteiger partial charge in [-0.25, -0.2) is 4.39 Å². The van der Waals surface area contributed by atoms with E-state index in [1.807, 2.05) is 0 Å². The summed E-state index contributed by atoms with van der Waals surface area (Å²) in [6.45, 7) is 0. The van der Waals surface area contributed by atoms with Gasteiger partial charge < -0.3 is 0 Å². The number of fused-ring (bicyclic) bond motifs is 5. The largest absolute Gasteiger partial charge is 0.294 e. The van der Waals surface area contributed by atoms with E-state index in [-0.39, 0.29) is 22.3 Å². The van der Waals surface area contributed by atoms with E-state index in [2.05, 4.69) is 15.9 Å². The van der Waals surface area contributed by atoms with Gasteiger partial charge in [0.25, 0.3) is 0 Å². The molecule has 4 rings (SSSR count). The van der Waals surface area contributed by atoms with E-state index >= 15 is 0 Å². The predicted octanol–water partition coefficient (Wildman–Crippen LogP) is 4.72. The summed E-state index contributed by atoms with van der Waals surface area (Å²) < 4.78 is 14.6. The van der Waals surface area contributed by atoms with E-state index in [1.165, 1.54) is 19.3 Å². The van der Waals surface area contributed by atoms with Crippen LogP contribution in [-0.2, 0) is 0 Å². The molecule has 3 saturated carbocycles. The van der Waals surface area contributed by atoms with Crippen LogP contribution in [0.4, 0.5) is 4.39 Å². The molecule has 0 radical (unpaired) electrons. The van der Waals surface area contributed by atoms with Gasteiger partial charge in [-0.2, -0.15) is 0 Å². The monoisotopic (exact) mass is 342 g/mol. The highest BCUT2D eigenvalue weighted by molar-refractivity contribution is 9.10. The average Bonchev–Trinajstić information content (AvgIpc) is 2.84. The summed E-state index contributed by atoms with van der Waals surface area (Å²) in [4.78, 5) is 12.5. The number of carbonyl (C=O) groups is 1. The van der Waals surface area contributed by atoms with E-state index in [0.717, 1.165) is 11.8 Å². The Balaban J connectivity index is 1.65. The van der Waals surface area contributed by atoms with E-state index in [0.29, 0.717) is 16.3 Å². The van der Waals surface area contributed by atoms with Crippen molar-refractivity contribution >= 4 is 33.3 Å². The van der Waals surface area contributed by atoms with E-state index in [9.17, 15) is 9.18 Å². The van der Waals surface area contributed by atoms with Crippen molar-refractivity contribution in [2.45, 2.75) is 19.3 Å². The van der Waals surface area contributed by atoms with Gasteiger partial charge in [0.15, 0.2) is 11.6 Å². The standard InChI is InChI=1S/C15H13BrClFO/c16-9-4-3-8(14(18)13(9)17)15(19)12-10-6-1-2-7(5-6)11(10)12/h3-4,6-7,10-12H,1-2,5H2. The topological polar surface area (TPSA) is 17.1 Å². The lowest BCUT2D eigenvalue weighted by atomic mass is 9.96. The van der Waals surface area contributed by atoms with Crippen LogP contribution >= 0.6 is 27.5 Å². The molecule has 0 spiro atoms. The van der Waals surface area contributed by atoms with Gasteiger partial charge in [-0.3, -0.25) is 4.79 Å². The predicted molar refractivity (Wildman–Crippen MR) is 74.7 cm³/mol. The summed E-state index contributed by atoms with van der Waals surface area (Å²) in [6, 6.07) is 3.22. The molecule has 3 fully saturated rings. The highest BCUT2D eigenvalue weighted by atomic mass is 79.9. The van der Waals surface area contributed by atoms with Crippen molar-refractivity contribution in [2.75, 3.05) is 0 Å². The number of hydrogen-bond acceptors (Lipinski definition) is 1. The van der Waals surface area contributed by atoms with Crippen molar-refractivity contribution in [1.82, 2.24) is 0 Å². The molecule has 0 N–H and O–H groups in total. The smallest absolute Gasteiger partial charge is 0.169 e. The maximum absolute atomic E-state index is 14.1. The fourth-order valence-electron chi connectivity index (χ4n) is 4.57. The molecule has 4 heteroatoms. The molecule has 3 aliphatic rings. The zero-order valence-electron chi connectivity index (χ0n) is 10.2. The van der Waals surface area contributed by atoms with Gasteiger partial charge >= 0.3 is 0 Å². The molecule has 100 valence electrons. The van der Waals surface area contributed by atoms with Gasteiger partial charge in [-0.05, 0) is 71.0 Å². The average molecular weight is 344 g/mol. The molecule has 4 unspecified atom stereocenters. The molecule has 19 heavy (non-hydrogen) atoms. The lowest BCUT2D eigenvalue weighted by molar-refractivity contribution is 0.0940. The molecule has 0 aromatic heterocycles. The number of rotatable bonds is 2. The van der Waals surface area contributed by atoms with Crippen molar-refractivity contribution in [2.24, 2.45) is 29.6 Å². The molecule has 0 heterocycles. The third kappa shape index (κ3) is 1.61. The molecule has 4 atom stereocenters. The van der Waals surface area contributed by atoms with Crippen LogP contribution in [0.25, 0.3) is 0 Å². The van der Waals surface area contributed by atoms with Crippen molar-refractivity contribution in [1.29, 1.82) is 0 Å². The summed E-state index contributed by atoms with van der Waals surface area (Å²) in [5.41, 5.74) is 0.173. The van der Waals surface area contributed by atoms with E-state index in [4.69, 9.17) is 11.6 Å². The second-order valence-electron chi connectivity index (χ2n) is 6.10. The van der Waals surface area contributed by atoms with Gasteiger partial charge in [0.05, 0.1) is 10.6 Å². The maximum Gasteiger partial charge on any atom is 0.169 e. The lowest BCUT2D eigenvalue weighted by Crippen LogP contribution is -2.12. The molecule has 3 aliphatic carbocycles. The van der Waals surface area contributed by atoms with Crippen LogP contribution in [0.5, 0.6) is 0 Å². The number of halogens is 3. The lowest BCUT2D eigenvalue weighted by Gasteiger charge is -2.09. The molecule has 1 aromatic rings. The van der Waals surface area contributed by atoms with Crippen LogP contribution < -0.4 is 0 Å². The van der Waals surface area contributed by atoms with Crippen LogP contribution in [0.15, 0.2) is 16.6 Å². The van der Waals surface area contributed by atoms with E-state index < -0.39 is 5.82 Å². The van der Waals surface area contributed by atoms with Crippen LogP contribution in [0, 0.1) is 35.4 Å². The highest BCUT2D eigenvalue weighted by Crippen LogP contribution is 2.70. The van der Waals surface area contributed by atoms with Crippen LogP contribution in [0.1, 0.15) is 29.6 Å². The molecule has 1 aromatic carbocycles. The first-order valence-corrected chi connectivity index (χ1v) is 7.94. The van der Waals surface area contributed by atoms with Crippen molar-refractivity contribution < 1.29 is 9.18 Å². The Morgan fingerprint density at radius 3 is 2.53 bits per heavy atom. The second-order valence-corrected chi connectivity index (χ2v) is 7.33. The summed E-state index contributed by atoms with van der Waals surface area (Å²) in [5.74, 6) is 1.98. The molecular formula is C15H13BrClFO. The maximum atomic E-state index is 14.1. The zero-order chi connectivity index (χ0) is 13.3. The van der Waals surface area contributed by atoms with Gasteiger partial charge in [0, 0.05) is 10.4 Å². The Labute approximate surface area is 124 Å². The SMILES string of the molecule is O=C(c1ccc(Br)c(Cl)c1F)C1C2C3CCC(C3)C12. The number of benzene rings is 1. The first-order chi connectivity index (χ1) is 9.09. The first-order valence-electron chi connectivity index (χ1n) is 6.77. The Morgan fingerprint density at radius 1 is 1.26 bits per heavy atom. The van der Waals surface area contributed by atoms with Crippen molar-refractivity contribution in [3.8, 4) is 0 Å². The third-order valence-electron chi connectivity index (χ3n) is 5.34. The normalized spacial score (nSPS) is 38.4. The van der Waals surface area contributed by atoms with Gasteiger partial charge in [-0.1, -0.05) is 11.6 Å². The molecule has 1 nitrogen and oxygen atoms in total. The van der Waals surface area contributed by atoms with Crippen LogP contribution in [0.2, 0.25) is 5.02 Å². The molecular weight excluding hydrogens is 331 g/mol. The fourth-order valence-corrected chi connectivity index (χ4v) is 5.04. The number of carbonyl (C=O) groups excluding carboxylic acids is 1. The van der Waals surface area contributed by atoms with E-state index in [1.54, 1.807) is 12.1 Å². The number of hydrogen-bond donors (Lipinski definition) is 0. The quantitative estimate of drug-likeness (QED) is 0.561. The minimum absolute atomic E-state index is 0.0135. The Morgan fingerprint density at radius 2 is 1.89 bits per heavy atom. The minimum Gasteiger partial charge on any atom is -0.294 e. The Kier molecular flexibility index (Phi) is 2.63. The summed E-state index contributed by atoms with van der Waals surface area (Å²) in [5, 5.41) is 0.0135. The number of ketones is 1. The van der Waals surface area contributed by atoms with Gasteiger partial charge in [0.1, 0.15) is 0 Å². The molecule has 2 bridgehead atoms. The van der Waals surface area contributed by atoms with Crippen LogP contribution in [0.3, 0.4) is 0 Å². The van der Waals surface area contributed by atoms with Crippen molar-refractivity contribution in [3.63, 3.8) is 0 Å². The Hall–Kier alpha value is -0.410. The summed E-state index contributed by atoms with van der Waals surface area (Å²) in [7, 11) is 0. The second kappa shape index (κ2) is 4.05. The van der Waals surface area contributed by atoms with Crippen LogP contribution in [-0.4, -0.2) is 5.78 Å². The number of Topliss-reactive ketones (excluding diaryl/α,β-unsaturated/α-hetero) is 1. The Bertz CT molecular complexity index is 572. The first kappa shape index (κ1) is 12.3. The molecule has 0 aliphatic heterocycles. The molecule has 0 saturated heterocycles. The summed E-state index contributed by atoms with van der Waals surface area (Å²) >= 11 is 9.04.